The number of fused-ring (bicyclic) bond motifs is 1. The molecule has 0 bridgehead atoms. The van der Waals surface area contributed by atoms with Crippen molar-refractivity contribution in [2.45, 2.75) is 12.5 Å². The summed E-state index contributed by atoms with van der Waals surface area (Å²) in [6.45, 7) is 0. The molecule has 1 aliphatic heterocycles. The van der Waals surface area contributed by atoms with Gasteiger partial charge in [0.25, 0.3) is 11.8 Å². The number of hydrogen-bond donors (Lipinski definition) is 1. The lowest BCUT2D eigenvalue weighted by Gasteiger charge is -2.25. The minimum atomic E-state index is -1.10. The van der Waals surface area contributed by atoms with Gasteiger partial charge in [-0.2, -0.15) is 11.8 Å². The first kappa shape index (κ1) is 19.0. The van der Waals surface area contributed by atoms with Gasteiger partial charge in [-0.25, -0.2) is 8.78 Å². The van der Waals surface area contributed by atoms with E-state index in [1.165, 1.54) is 30.0 Å². The number of halogens is 2. The molecule has 1 heterocycles. The largest absolute Gasteiger partial charge is 0.324 e. The van der Waals surface area contributed by atoms with E-state index >= 15 is 0 Å². The third kappa shape index (κ3) is 3.71. The molecule has 1 atom stereocenters. The Morgan fingerprint density at radius 1 is 1.07 bits per heavy atom. The number of amides is 3. The zero-order valence-corrected chi connectivity index (χ0v) is 15.2. The number of thioether (sulfide) groups is 1. The summed E-state index contributed by atoms with van der Waals surface area (Å²) in [5.74, 6) is -3.32. The molecule has 0 spiro atoms. The van der Waals surface area contributed by atoms with E-state index in [1.54, 1.807) is 12.1 Å². The standard InChI is InChI=1S/C19H16F2N2O3S/c1-27-9-8-16(17(24)22-11-6-7-14(20)15(21)10-11)23-18(25)12-4-2-3-5-13(12)19(23)26/h2-7,10,16H,8-9H2,1H3,(H,22,24)/t16-/m0/s1. The molecule has 0 saturated heterocycles. The summed E-state index contributed by atoms with van der Waals surface area (Å²) in [7, 11) is 0. The van der Waals surface area contributed by atoms with Gasteiger partial charge in [-0.1, -0.05) is 12.1 Å². The molecule has 0 radical (unpaired) electrons. The van der Waals surface area contributed by atoms with Crippen molar-refractivity contribution >= 4 is 35.2 Å². The van der Waals surface area contributed by atoms with E-state index in [9.17, 15) is 23.2 Å². The maximum Gasteiger partial charge on any atom is 0.262 e. The number of hydrogen-bond acceptors (Lipinski definition) is 4. The smallest absolute Gasteiger partial charge is 0.262 e. The van der Waals surface area contributed by atoms with E-state index in [-0.39, 0.29) is 23.2 Å². The first-order chi connectivity index (χ1) is 12.9. The van der Waals surface area contributed by atoms with Crippen LogP contribution in [0.3, 0.4) is 0 Å². The zero-order valence-electron chi connectivity index (χ0n) is 14.4. The molecule has 8 heteroatoms. The number of carbonyl (C=O) groups excluding carboxylic acids is 3. The number of imide groups is 1. The van der Waals surface area contributed by atoms with Crippen LogP contribution in [0.15, 0.2) is 42.5 Å². The van der Waals surface area contributed by atoms with Gasteiger partial charge < -0.3 is 5.32 Å². The van der Waals surface area contributed by atoms with Crippen LogP contribution in [0.4, 0.5) is 14.5 Å². The number of benzene rings is 2. The fraction of sp³-hybridized carbons (Fsp3) is 0.211. The average molecular weight is 390 g/mol. The fourth-order valence-corrected chi connectivity index (χ4v) is 3.36. The van der Waals surface area contributed by atoms with Crippen molar-refractivity contribution < 1.29 is 23.2 Å². The first-order valence-electron chi connectivity index (χ1n) is 8.15. The fourth-order valence-electron chi connectivity index (χ4n) is 2.90. The summed E-state index contributed by atoms with van der Waals surface area (Å²) in [5, 5.41) is 2.46. The monoisotopic (exact) mass is 390 g/mol. The highest BCUT2D eigenvalue weighted by Gasteiger charge is 2.42. The van der Waals surface area contributed by atoms with E-state index in [2.05, 4.69) is 5.32 Å². The van der Waals surface area contributed by atoms with Crippen LogP contribution in [0.2, 0.25) is 0 Å². The molecule has 1 aliphatic rings. The van der Waals surface area contributed by atoms with Crippen LogP contribution < -0.4 is 5.32 Å². The second-order valence-corrected chi connectivity index (χ2v) is 6.93. The Hall–Kier alpha value is -2.74. The highest BCUT2D eigenvalue weighted by molar-refractivity contribution is 7.98. The van der Waals surface area contributed by atoms with Crippen LogP contribution in [-0.2, 0) is 4.79 Å². The maximum absolute atomic E-state index is 13.4. The lowest BCUT2D eigenvalue weighted by atomic mass is 10.1. The van der Waals surface area contributed by atoms with Crippen molar-refractivity contribution in [3.05, 3.63) is 65.2 Å². The Morgan fingerprint density at radius 2 is 1.70 bits per heavy atom. The van der Waals surface area contributed by atoms with Gasteiger partial charge in [0.15, 0.2) is 11.6 Å². The second kappa shape index (κ2) is 7.87. The van der Waals surface area contributed by atoms with Crippen LogP contribution >= 0.6 is 11.8 Å². The van der Waals surface area contributed by atoms with Gasteiger partial charge in [-0.15, -0.1) is 0 Å². The molecule has 2 aromatic rings. The van der Waals surface area contributed by atoms with Gasteiger partial charge in [0.05, 0.1) is 11.1 Å². The van der Waals surface area contributed by atoms with E-state index in [0.29, 0.717) is 5.75 Å². The minimum Gasteiger partial charge on any atom is -0.324 e. The molecule has 3 rings (SSSR count). The quantitative estimate of drug-likeness (QED) is 0.769. The lowest BCUT2D eigenvalue weighted by Crippen LogP contribution is -2.47. The van der Waals surface area contributed by atoms with Gasteiger partial charge in [-0.3, -0.25) is 19.3 Å². The summed E-state index contributed by atoms with van der Waals surface area (Å²) in [5.41, 5.74) is 0.541. The third-order valence-corrected chi connectivity index (χ3v) is 4.87. The summed E-state index contributed by atoms with van der Waals surface area (Å²) >= 11 is 1.46. The summed E-state index contributed by atoms with van der Waals surface area (Å²) < 4.78 is 26.5. The van der Waals surface area contributed by atoms with Crippen molar-refractivity contribution in [1.82, 2.24) is 4.90 Å². The number of anilines is 1. The first-order valence-corrected chi connectivity index (χ1v) is 9.55. The molecule has 0 aromatic heterocycles. The Balaban J connectivity index is 1.87. The lowest BCUT2D eigenvalue weighted by molar-refractivity contribution is -0.120. The van der Waals surface area contributed by atoms with Crippen LogP contribution in [-0.4, -0.2) is 40.7 Å². The molecule has 0 unspecified atom stereocenters. The molecule has 0 saturated carbocycles. The van der Waals surface area contributed by atoms with Crippen LogP contribution in [0.1, 0.15) is 27.1 Å². The van der Waals surface area contributed by atoms with E-state index in [4.69, 9.17) is 0 Å². The summed E-state index contributed by atoms with van der Waals surface area (Å²) in [6, 6.07) is 8.26. The van der Waals surface area contributed by atoms with Crippen LogP contribution in [0.25, 0.3) is 0 Å². The summed E-state index contributed by atoms with van der Waals surface area (Å²) in [4.78, 5) is 39.1. The van der Waals surface area contributed by atoms with Crippen molar-refractivity contribution in [2.24, 2.45) is 0 Å². The Kier molecular flexibility index (Phi) is 5.55. The maximum atomic E-state index is 13.4. The molecular weight excluding hydrogens is 374 g/mol. The molecule has 0 aliphatic carbocycles. The van der Waals surface area contributed by atoms with E-state index < -0.39 is 35.4 Å². The van der Waals surface area contributed by atoms with E-state index in [1.807, 2.05) is 6.26 Å². The Labute approximate surface area is 158 Å². The molecule has 5 nitrogen and oxygen atoms in total. The Morgan fingerprint density at radius 3 is 2.26 bits per heavy atom. The highest BCUT2D eigenvalue weighted by Crippen LogP contribution is 2.27. The van der Waals surface area contributed by atoms with Gasteiger partial charge in [-0.05, 0) is 42.7 Å². The normalized spacial score (nSPS) is 14.3. The average Bonchev–Trinajstić information content (AvgIpc) is 2.90. The molecule has 1 N–H and O–H groups in total. The van der Waals surface area contributed by atoms with Gasteiger partial charge in [0, 0.05) is 11.8 Å². The number of carbonyl (C=O) groups is 3. The van der Waals surface area contributed by atoms with Crippen LogP contribution in [0.5, 0.6) is 0 Å². The summed E-state index contributed by atoms with van der Waals surface area (Å²) in [6.07, 6.45) is 2.08. The minimum absolute atomic E-state index is 0.0460. The number of nitrogens with zero attached hydrogens (tertiary/aromatic N) is 1. The van der Waals surface area contributed by atoms with Crippen molar-refractivity contribution in [3.63, 3.8) is 0 Å². The molecule has 2 aromatic carbocycles. The molecule has 27 heavy (non-hydrogen) atoms. The van der Waals surface area contributed by atoms with Crippen molar-refractivity contribution in [2.75, 3.05) is 17.3 Å². The van der Waals surface area contributed by atoms with E-state index in [0.717, 1.165) is 17.0 Å². The van der Waals surface area contributed by atoms with Gasteiger partial charge >= 0.3 is 0 Å². The van der Waals surface area contributed by atoms with Crippen LogP contribution in [0, 0.1) is 11.6 Å². The third-order valence-electron chi connectivity index (χ3n) is 4.22. The molecule has 3 amide bonds. The molecule has 0 fully saturated rings. The Bertz CT molecular complexity index is 885. The number of nitrogens with one attached hydrogen (secondary N) is 1. The SMILES string of the molecule is CSCC[C@@H](C(=O)Nc1ccc(F)c(F)c1)N1C(=O)c2ccccc2C1=O. The van der Waals surface area contributed by atoms with Gasteiger partial charge in [0.1, 0.15) is 6.04 Å². The predicted octanol–water partition coefficient (Wildman–Crippen LogP) is 3.32. The topological polar surface area (TPSA) is 66.5 Å². The highest BCUT2D eigenvalue weighted by atomic mass is 32.2. The molecule has 140 valence electrons. The van der Waals surface area contributed by atoms with Crippen molar-refractivity contribution in [3.8, 4) is 0 Å². The number of rotatable bonds is 6. The second-order valence-electron chi connectivity index (χ2n) is 5.94. The predicted molar refractivity (Wildman–Crippen MR) is 98.7 cm³/mol. The molecular formula is C19H16F2N2O3S. The van der Waals surface area contributed by atoms with Gasteiger partial charge in [0.2, 0.25) is 5.91 Å². The zero-order chi connectivity index (χ0) is 19.6. The van der Waals surface area contributed by atoms with Crippen molar-refractivity contribution in [1.29, 1.82) is 0 Å².